The zero-order valence-electron chi connectivity index (χ0n) is 20.9. The van der Waals surface area contributed by atoms with Crippen LogP contribution in [-0.2, 0) is 6.42 Å². The number of hydrazone groups is 1. The summed E-state index contributed by atoms with van der Waals surface area (Å²) in [6, 6.07) is 14.8. The first-order valence-electron chi connectivity index (χ1n) is 11.8. The van der Waals surface area contributed by atoms with Crippen molar-refractivity contribution < 1.29 is 18.7 Å². The van der Waals surface area contributed by atoms with Crippen molar-refractivity contribution in [1.29, 1.82) is 0 Å². The molecule has 0 unspecified atom stereocenters. The Balaban J connectivity index is 1.48. The number of nitrogens with zero attached hydrogens (tertiary/aromatic N) is 4. The Morgan fingerprint density at radius 3 is 2.71 bits per heavy atom. The number of carbonyl (C=O) groups is 1. The highest BCUT2D eigenvalue weighted by atomic mass is 16.5. The first-order valence-corrected chi connectivity index (χ1v) is 11.8. The smallest absolute Gasteiger partial charge is 0.221 e. The van der Waals surface area contributed by atoms with Crippen molar-refractivity contribution in [2.75, 3.05) is 25.7 Å². The summed E-state index contributed by atoms with van der Waals surface area (Å²) in [6.07, 6.45) is 8.38. The minimum Gasteiger partial charge on any atom is -0.493 e. The van der Waals surface area contributed by atoms with Crippen LogP contribution in [-0.4, -0.2) is 41.2 Å². The molecule has 0 radical (unpaired) electrons. The number of nitrogens with two attached hydrogens (primary N) is 2. The van der Waals surface area contributed by atoms with Gasteiger partial charge in [-0.2, -0.15) is 10.1 Å². The average Bonchev–Trinajstić information content (AvgIpc) is 3.47. The largest absolute Gasteiger partial charge is 0.493 e. The summed E-state index contributed by atoms with van der Waals surface area (Å²) in [4.78, 5) is 21.5. The molecule has 192 valence electrons. The van der Waals surface area contributed by atoms with Crippen LogP contribution in [0, 0.1) is 0 Å². The zero-order chi connectivity index (χ0) is 26.6. The summed E-state index contributed by atoms with van der Waals surface area (Å²) in [5.74, 6) is 1.51. The lowest BCUT2D eigenvalue weighted by Crippen LogP contribution is -2.24. The standard InChI is InChI=1S/C28H26N6O4/c1-36-24-14-17(12-19-15-31-28(30)33-27(19)29)13-21(26(24)37-2)22(35)9-10-34-25(23-8-5-11-38-23)20-7-4-3-6-18(20)16-32-34/h3-11,13-16,25H,12H2,1-2H3,(H4,29,30,31,33)/b10-9+/t25-/m1/s1. The third kappa shape index (κ3) is 4.79. The number of aromatic nitrogens is 2. The minimum absolute atomic E-state index is 0.0930. The second kappa shape index (κ2) is 10.5. The minimum atomic E-state index is -0.327. The van der Waals surface area contributed by atoms with Gasteiger partial charge in [-0.3, -0.25) is 9.80 Å². The molecule has 2 aromatic carbocycles. The second-order valence-corrected chi connectivity index (χ2v) is 8.55. The molecule has 0 amide bonds. The van der Waals surface area contributed by atoms with Crippen molar-refractivity contribution in [3.05, 3.63) is 107 Å². The molecule has 5 rings (SSSR count). The fourth-order valence-electron chi connectivity index (χ4n) is 4.40. The monoisotopic (exact) mass is 510 g/mol. The molecule has 0 bridgehead atoms. The van der Waals surface area contributed by atoms with E-state index in [9.17, 15) is 4.79 Å². The predicted molar refractivity (Wildman–Crippen MR) is 143 cm³/mol. The van der Waals surface area contributed by atoms with Crippen LogP contribution in [0.5, 0.6) is 11.5 Å². The van der Waals surface area contributed by atoms with Crippen LogP contribution in [0.3, 0.4) is 0 Å². The molecule has 1 aliphatic heterocycles. The van der Waals surface area contributed by atoms with Crippen LogP contribution in [0.15, 0.2) is 82.8 Å². The highest BCUT2D eigenvalue weighted by molar-refractivity contribution is 6.07. The Kier molecular flexibility index (Phi) is 6.77. The lowest BCUT2D eigenvalue weighted by molar-refractivity contribution is 0.104. The fraction of sp³-hybridized carbons (Fsp3) is 0.143. The zero-order valence-corrected chi connectivity index (χ0v) is 20.9. The summed E-state index contributed by atoms with van der Waals surface area (Å²) in [5.41, 5.74) is 15.4. The molecule has 2 aromatic heterocycles. The predicted octanol–water partition coefficient (Wildman–Crippen LogP) is 3.98. The van der Waals surface area contributed by atoms with Crippen LogP contribution in [0.2, 0.25) is 0 Å². The Bertz CT molecular complexity index is 1530. The molecule has 4 N–H and O–H groups in total. The number of hydrogen-bond acceptors (Lipinski definition) is 10. The van der Waals surface area contributed by atoms with Crippen molar-refractivity contribution >= 4 is 23.8 Å². The van der Waals surface area contributed by atoms with Gasteiger partial charge in [-0.15, -0.1) is 0 Å². The van der Waals surface area contributed by atoms with Crippen molar-refractivity contribution in [3.8, 4) is 11.5 Å². The number of carbonyl (C=O) groups excluding carboxylic acids is 1. The van der Waals surface area contributed by atoms with E-state index in [1.165, 1.54) is 20.3 Å². The third-order valence-corrected chi connectivity index (χ3v) is 6.19. The lowest BCUT2D eigenvalue weighted by atomic mass is 9.97. The van der Waals surface area contributed by atoms with E-state index in [2.05, 4.69) is 15.1 Å². The molecule has 1 atom stereocenters. The van der Waals surface area contributed by atoms with Gasteiger partial charge >= 0.3 is 0 Å². The van der Waals surface area contributed by atoms with Gasteiger partial charge in [0.05, 0.1) is 32.3 Å². The maximum Gasteiger partial charge on any atom is 0.221 e. The first-order chi connectivity index (χ1) is 18.5. The van der Waals surface area contributed by atoms with Gasteiger partial charge in [-0.1, -0.05) is 24.3 Å². The van der Waals surface area contributed by atoms with Gasteiger partial charge in [0.25, 0.3) is 0 Å². The average molecular weight is 511 g/mol. The van der Waals surface area contributed by atoms with E-state index in [1.54, 1.807) is 42.0 Å². The number of furan rings is 1. The summed E-state index contributed by atoms with van der Waals surface area (Å²) < 4.78 is 16.8. The SMILES string of the molecule is COc1cc(Cc2cnc(N)nc2N)cc(C(=O)/C=C/N2N=Cc3ccccc3[C@@H]2c2ccco2)c1OC. The van der Waals surface area contributed by atoms with Crippen molar-refractivity contribution in [2.24, 2.45) is 5.10 Å². The van der Waals surface area contributed by atoms with Crippen LogP contribution in [0.4, 0.5) is 11.8 Å². The number of ether oxygens (including phenoxy) is 2. The van der Waals surface area contributed by atoms with Crippen LogP contribution in [0.1, 0.15) is 44.4 Å². The lowest BCUT2D eigenvalue weighted by Gasteiger charge is -2.29. The maximum absolute atomic E-state index is 13.5. The fourth-order valence-corrected chi connectivity index (χ4v) is 4.40. The van der Waals surface area contributed by atoms with Gasteiger partial charge in [0.15, 0.2) is 17.3 Å². The quantitative estimate of drug-likeness (QED) is 0.266. The molecule has 38 heavy (non-hydrogen) atoms. The first kappa shape index (κ1) is 24.6. The highest BCUT2D eigenvalue weighted by Gasteiger charge is 2.28. The molecule has 0 saturated carbocycles. The number of fused-ring (bicyclic) bond motifs is 1. The van der Waals surface area contributed by atoms with Gasteiger partial charge in [-0.05, 0) is 35.4 Å². The van der Waals surface area contributed by atoms with Gasteiger partial charge < -0.3 is 25.4 Å². The summed E-state index contributed by atoms with van der Waals surface area (Å²) in [7, 11) is 3.00. The van der Waals surface area contributed by atoms with Gasteiger partial charge in [0.1, 0.15) is 17.6 Å². The molecule has 0 spiro atoms. The molecule has 3 heterocycles. The third-order valence-electron chi connectivity index (χ3n) is 6.19. The van der Waals surface area contributed by atoms with Crippen LogP contribution < -0.4 is 20.9 Å². The van der Waals surface area contributed by atoms with Crippen molar-refractivity contribution in [2.45, 2.75) is 12.5 Å². The number of rotatable bonds is 8. The molecule has 1 aliphatic rings. The Labute approximate surface area is 219 Å². The number of hydrogen-bond donors (Lipinski definition) is 2. The number of allylic oxidation sites excluding steroid dienone is 1. The normalized spacial score (nSPS) is 14.5. The molecule has 4 aromatic rings. The van der Waals surface area contributed by atoms with Gasteiger partial charge in [-0.25, -0.2) is 4.98 Å². The number of anilines is 2. The van der Waals surface area contributed by atoms with Crippen LogP contribution in [0.25, 0.3) is 0 Å². The topological polar surface area (TPSA) is 142 Å². The Hall–Kier alpha value is -5.12. The molecule has 10 nitrogen and oxygen atoms in total. The van der Waals surface area contributed by atoms with Crippen molar-refractivity contribution in [3.63, 3.8) is 0 Å². The van der Waals surface area contributed by atoms with E-state index in [1.807, 2.05) is 36.4 Å². The van der Waals surface area contributed by atoms with E-state index in [0.29, 0.717) is 34.8 Å². The Morgan fingerprint density at radius 2 is 1.97 bits per heavy atom. The molecule has 0 saturated heterocycles. The molecule has 0 aliphatic carbocycles. The van der Waals surface area contributed by atoms with Gasteiger partial charge in [0, 0.05) is 36.0 Å². The van der Waals surface area contributed by atoms with Crippen molar-refractivity contribution in [1.82, 2.24) is 15.0 Å². The Morgan fingerprint density at radius 1 is 1.13 bits per heavy atom. The molecular formula is C28H26N6O4. The number of benzene rings is 2. The summed E-state index contributed by atoms with van der Waals surface area (Å²) >= 11 is 0. The molecule has 10 heteroatoms. The molecule has 0 fully saturated rings. The molecular weight excluding hydrogens is 484 g/mol. The number of methoxy groups -OCH3 is 2. The number of ketones is 1. The second-order valence-electron chi connectivity index (χ2n) is 8.55. The van der Waals surface area contributed by atoms with E-state index in [-0.39, 0.29) is 23.6 Å². The highest BCUT2D eigenvalue weighted by Crippen LogP contribution is 2.36. The van der Waals surface area contributed by atoms with Crippen LogP contribution >= 0.6 is 0 Å². The van der Waals surface area contributed by atoms with E-state index in [4.69, 9.17) is 25.4 Å². The summed E-state index contributed by atoms with van der Waals surface area (Å²) in [5, 5.41) is 6.25. The number of nitrogen functional groups attached to an aromatic ring is 2. The van der Waals surface area contributed by atoms with E-state index < -0.39 is 0 Å². The summed E-state index contributed by atoms with van der Waals surface area (Å²) in [6.45, 7) is 0. The van der Waals surface area contributed by atoms with Gasteiger partial charge in [0.2, 0.25) is 5.95 Å². The van der Waals surface area contributed by atoms with E-state index in [0.717, 1.165) is 16.7 Å². The maximum atomic E-state index is 13.5. The van der Waals surface area contributed by atoms with E-state index >= 15 is 0 Å².